The van der Waals surface area contributed by atoms with Crippen molar-refractivity contribution in [1.29, 1.82) is 0 Å². The molecule has 22 heavy (non-hydrogen) atoms. The maximum atomic E-state index is 11.7. The normalized spacial score (nSPS) is 11.5. The molecule has 1 aromatic heterocycles. The van der Waals surface area contributed by atoms with Crippen LogP contribution >= 0.6 is 0 Å². The van der Waals surface area contributed by atoms with Gasteiger partial charge in [0.2, 0.25) is 0 Å². The molecule has 0 aliphatic rings. The molecule has 0 spiro atoms. The van der Waals surface area contributed by atoms with Gasteiger partial charge in [0.25, 0.3) is 10.1 Å². The molecule has 0 unspecified atom stereocenters. The third-order valence-corrected chi connectivity index (χ3v) is 4.32. The number of benzene rings is 2. The zero-order valence-corrected chi connectivity index (χ0v) is 12.5. The Morgan fingerprint density at radius 3 is 2.50 bits per heavy atom. The Balaban J connectivity index is 2.45. The van der Waals surface area contributed by atoms with Gasteiger partial charge < -0.3 is 4.74 Å². The number of rotatable bonds is 3. The molecule has 112 valence electrons. The lowest BCUT2D eigenvalue weighted by atomic mass is 10.0. The minimum atomic E-state index is -4.35. The summed E-state index contributed by atoms with van der Waals surface area (Å²) in [6, 6.07) is 11.9. The van der Waals surface area contributed by atoms with E-state index in [4.69, 9.17) is 4.74 Å². The number of para-hydroxylation sites is 1. The lowest BCUT2D eigenvalue weighted by Crippen LogP contribution is -2.00. The molecule has 3 rings (SSSR count). The number of ether oxygens (including phenoxy) is 1. The zero-order valence-electron chi connectivity index (χ0n) is 11.7. The van der Waals surface area contributed by atoms with Crippen LogP contribution in [0.25, 0.3) is 21.9 Å². The van der Waals surface area contributed by atoms with Crippen LogP contribution in [0.2, 0.25) is 0 Å². The summed E-state index contributed by atoms with van der Waals surface area (Å²) >= 11 is 0. The van der Waals surface area contributed by atoms with Crippen LogP contribution in [-0.4, -0.2) is 25.1 Å². The van der Waals surface area contributed by atoms with Gasteiger partial charge in [0, 0.05) is 34.3 Å². The fraction of sp³-hybridized carbons (Fsp3) is 0.0625. The van der Waals surface area contributed by atoms with Crippen molar-refractivity contribution < 1.29 is 17.7 Å². The predicted molar refractivity (Wildman–Crippen MR) is 83.5 cm³/mol. The molecule has 0 radical (unpaired) electrons. The predicted octanol–water partition coefficient (Wildman–Crippen LogP) is 3.16. The highest BCUT2D eigenvalue weighted by Crippen LogP contribution is 2.36. The standard InChI is InChI=1S/C16H13NO4S/c1-21-14-7-3-2-6-12(14)13-10-17-9-11-5-4-8-15(16(11)13)22(18,19)20/h2-10H,1H3,(H,18,19,20). The second kappa shape index (κ2) is 5.40. The lowest BCUT2D eigenvalue weighted by Gasteiger charge is -2.12. The van der Waals surface area contributed by atoms with Gasteiger partial charge in [-0.3, -0.25) is 9.54 Å². The van der Waals surface area contributed by atoms with Crippen LogP contribution in [0.5, 0.6) is 5.75 Å². The molecule has 2 aromatic carbocycles. The second-order valence-electron chi connectivity index (χ2n) is 4.72. The van der Waals surface area contributed by atoms with Crippen molar-refractivity contribution in [2.24, 2.45) is 0 Å². The third-order valence-electron chi connectivity index (χ3n) is 3.42. The summed E-state index contributed by atoms with van der Waals surface area (Å²) in [6.45, 7) is 0. The van der Waals surface area contributed by atoms with E-state index in [1.54, 1.807) is 37.7 Å². The molecular weight excluding hydrogens is 302 g/mol. The second-order valence-corrected chi connectivity index (χ2v) is 6.11. The largest absolute Gasteiger partial charge is 0.496 e. The molecule has 0 bridgehead atoms. The van der Waals surface area contributed by atoms with Crippen LogP contribution < -0.4 is 4.74 Å². The summed E-state index contributed by atoms with van der Waals surface area (Å²) in [5.41, 5.74) is 1.29. The molecule has 0 aliphatic heterocycles. The molecular formula is C16H13NO4S. The van der Waals surface area contributed by atoms with Crippen molar-refractivity contribution >= 4 is 20.9 Å². The minimum Gasteiger partial charge on any atom is -0.496 e. The first kappa shape index (κ1) is 14.5. The molecule has 0 atom stereocenters. The monoisotopic (exact) mass is 315 g/mol. The Labute approximate surface area is 127 Å². The average Bonchev–Trinajstić information content (AvgIpc) is 2.52. The van der Waals surface area contributed by atoms with Gasteiger partial charge in [0.15, 0.2) is 0 Å². The highest BCUT2D eigenvalue weighted by Gasteiger charge is 2.18. The Hall–Kier alpha value is -2.44. The smallest absolute Gasteiger partial charge is 0.295 e. The van der Waals surface area contributed by atoms with E-state index in [1.807, 2.05) is 18.2 Å². The van der Waals surface area contributed by atoms with Gasteiger partial charge in [0.1, 0.15) is 10.6 Å². The molecule has 6 heteroatoms. The molecule has 5 nitrogen and oxygen atoms in total. The van der Waals surface area contributed by atoms with Crippen LogP contribution in [0.3, 0.4) is 0 Å². The summed E-state index contributed by atoms with van der Waals surface area (Å²) in [4.78, 5) is 4.01. The first-order valence-electron chi connectivity index (χ1n) is 6.50. The number of fused-ring (bicyclic) bond motifs is 1. The Morgan fingerprint density at radius 1 is 1.00 bits per heavy atom. The number of pyridine rings is 1. The van der Waals surface area contributed by atoms with E-state index in [0.29, 0.717) is 27.6 Å². The van der Waals surface area contributed by atoms with E-state index in [-0.39, 0.29) is 4.90 Å². The zero-order chi connectivity index (χ0) is 15.7. The van der Waals surface area contributed by atoms with E-state index in [1.165, 1.54) is 6.07 Å². The highest BCUT2D eigenvalue weighted by molar-refractivity contribution is 7.86. The first-order chi connectivity index (χ1) is 10.5. The molecule has 1 heterocycles. The topological polar surface area (TPSA) is 76.5 Å². The number of hydrogen-bond acceptors (Lipinski definition) is 4. The van der Waals surface area contributed by atoms with Crippen LogP contribution in [0, 0.1) is 0 Å². The Bertz CT molecular complexity index is 946. The molecule has 0 saturated heterocycles. The number of nitrogens with zero attached hydrogens (tertiary/aromatic N) is 1. The van der Waals surface area contributed by atoms with Crippen LogP contribution in [0.1, 0.15) is 0 Å². The minimum absolute atomic E-state index is 0.145. The van der Waals surface area contributed by atoms with E-state index < -0.39 is 10.1 Å². The summed E-state index contributed by atoms with van der Waals surface area (Å²) in [6.07, 6.45) is 3.12. The van der Waals surface area contributed by atoms with Gasteiger partial charge in [-0.2, -0.15) is 8.42 Å². The molecule has 3 aromatic rings. The van der Waals surface area contributed by atoms with Crippen molar-refractivity contribution in [1.82, 2.24) is 4.98 Å². The Kier molecular flexibility index (Phi) is 3.56. The van der Waals surface area contributed by atoms with Gasteiger partial charge >= 0.3 is 0 Å². The molecule has 0 saturated carbocycles. The maximum absolute atomic E-state index is 11.7. The molecule has 0 amide bonds. The highest BCUT2D eigenvalue weighted by atomic mass is 32.2. The summed E-state index contributed by atoms with van der Waals surface area (Å²) in [5, 5.41) is 1.04. The number of aromatic nitrogens is 1. The van der Waals surface area contributed by atoms with E-state index in [2.05, 4.69) is 4.98 Å². The van der Waals surface area contributed by atoms with Gasteiger partial charge in [-0.05, 0) is 12.1 Å². The van der Waals surface area contributed by atoms with Gasteiger partial charge in [-0.25, -0.2) is 0 Å². The summed E-state index contributed by atoms with van der Waals surface area (Å²) in [5.74, 6) is 0.599. The fourth-order valence-corrected chi connectivity index (χ4v) is 3.22. The molecule has 1 N–H and O–H groups in total. The lowest BCUT2D eigenvalue weighted by molar-refractivity contribution is 0.416. The molecule has 0 fully saturated rings. The first-order valence-corrected chi connectivity index (χ1v) is 7.94. The Morgan fingerprint density at radius 2 is 1.77 bits per heavy atom. The van der Waals surface area contributed by atoms with E-state index in [0.717, 1.165) is 0 Å². The van der Waals surface area contributed by atoms with Crippen molar-refractivity contribution in [3.63, 3.8) is 0 Å². The van der Waals surface area contributed by atoms with Crippen LogP contribution in [-0.2, 0) is 10.1 Å². The SMILES string of the molecule is COc1ccccc1-c1cncc2cccc(S(=O)(=O)O)c12. The van der Waals surface area contributed by atoms with Crippen molar-refractivity contribution in [3.05, 3.63) is 54.9 Å². The van der Waals surface area contributed by atoms with Crippen LogP contribution in [0.4, 0.5) is 0 Å². The maximum Gasteiger partial charge on any atom is 0.295 e. The summed E-state index contributed by atoms with van der Waals surface area (Å²) in [7, 11) is -2.81. The number of hydrogen-bond donors (Lipinski definition) is 1. The van der Waals surface area contributed by atoms with Crippen molar-refractivity contribution in [3.8, 4) is 16.9 Å². The van der Waals surface area contributed by atoms with Crippen molar-refractivity contribution in [2.75, 3.05) is 7.11 Å². The number of methoxy groups -OCH3 is 1. The fourth-order valence-electron chi connectivity index (χ4n) is 2.49. The quantitative estimate of drug-likeness (QED) is 0.751. The van der Waals surface area contributed by atoms with Crippen LogP contribution in [0.15, 0.2) is 59.8 Å². The third kappa shape index (κ3) is 2.43. The van der Waals surface area contributed by atoms with Gasteiger partial charge in [-0.1, -0.05) is 30.3 Å². The molecule has 0 aliphatic carbocycles. The van der Waals surface area contributed by atoms with Crippen molar-refractivity contribution in [2.45, 2.75) is 4.90 Å². The average molecular weight is 315 g/mol. The van der Waals surface area contributed by atoms with E-state index >= 15 is 0 Å². The van der Waals surface area contributed by atoms with Gasteiger partial charge in [0.05, 0.1) is 7.11 Å². The summed E-state index contributed by atoms with van der Waals surface area (Å²) < 4.78 is 38.2. The van der Waals surface area contributed by atoms with Gasteiger partial charge in [-0.15, -0.1) is 0 Å². The van der Waals surface area contributed by atoms with E-state index in [9.17, 15) is 13.0 Å².